The van der Waals surface area contributed by atoms with Gasteiger partial charge in [-0.1, -0.05) is 41.9 Å². The van der Waals surface area contributed by atoms with Crippen LogP contribution in [-0.4, -0.2) is 25.1 Å². The lowest BCUT2D eigenvalue weighted by molar-refractivity contribution is -0.117. The molecular formula is C21H18ClN5O2. The van der Waals surface area contributed by atoms with Crippen LogP contribution < -0.4 is 11.0 Å². The fourth-order valence-electron chi connectivity index (χ4n) is 3.12. The van der Waals surface area contributed by atoms with Crippen molar-refractivity contribution in [3.8, 4) is 11.4 Å². The van der Waals surface area contributed by atoms with Gasteiger partial charge in [-0.05, 0) is 37.6 Å². The molecule has 0 radical (unpaired) electrons. The number of benzene rings is 2. The van der Waals surface area contributed by atoms with Gasteiger partial charge >= 0.3 is 5.69 Å². The highest BCUT2D eigenvalue weighted by Crippen LogP contribution is 2.21. The zero-order chi connectivity index (χ0) is 20.5. The number of fused-ring (bicyclic) bond motifs is 1. The van der Waals surface area contributed by atoms with Crippen LogP contribution in [0.1, 0.15) is 11.3 Å². The van der Waals surface area contributed by atoms with Gasteiger partial charge in [-0.25, -0.2) is 18.9 Å². The van der Waals surface area contributed by atoms with Crippen LogP contribution in [0.2, 0.25) is 5.02 Å². The van der Waals surface area contributed by atoms with E-state index in [4.69, 9.17) is 11.6 Å². The topological polar surface area (TPSA) is 81.3 Å². The Kier molecular flexibility index (Phi) is 4.90. The van der Waals surface area contributed by atoms with Gasteiger partial charge in [0.25, 0.3) is 0 Å². The van der Waals surface area contributed by atoms with E-state index >= 15 is 0 Å². The van der Waals surface area contributed by atoms with E-state index < -0.39 is 5.69 Å². The molecule has 2 aromatic heterocycles. The number of nitrogens with zero attached hydrogens (tertiary/aromatic N) is 4. The number of hydrogen-bond donors (Lipinski definition) is 1. The van der Waals surface area contributed by atoms with Crippen molar-refractivity contribution < 1.29 is 4.79 Å². The maximum Gasteiger partial charge on any atom is 0.352 e. The summed E-state index contributed by atoms with van der Waals surface area (Å²) in [5.41, 5.74) is 3.01. The van der Waals surface area contributed by atoms with Gasteiger partial charge in [-0.15, -0.1) is 5.10 Å². The van der Waals surface area contributed by atoms with E-state index in [0.29, 0.717) is 33.4 Å². The summed E-state index contributed by atoms with van der Waals surface area (Å²) in [6.45, 7) is 3.52. The molecule has 0 bridgehead atoms. The highest BCUT2D eigenvalue weighted by molar-refractivity contribution is 6.30. The van der Waals surface area contributed by atoms with Crippen molar-refractivity contribution >= 4 is 28.8 Å². The Balaban J connectivity index is 1.73. The summed E-state index contributed by atoms with van der Waals surface area (Å²) < 4.78 is 2.53. The molecule has 1 N–H and O–H groups in total. The number of aryl methyl sites for hydroxylation is 2. The SMILES string of the molecule is Cc1cc2nn(CC(=O)Nc3ccccc3C)c(=O)n2c(-c2cccc(Cl)c2)n1. The van der Waals surface area contributed by atoms with Gasteiger partial charge in [0.15, 0.2) is 5.65 Å². The van der Waals surface area contributed by atoms with Crippen LogP contribution in [-0.2, 0) is 11.3 Å². The number of halogens is 1. The summed E-state index contributed by atoms with van der Waals surface area (Å²) in [6.07, 6.45) is 0. The molecule has 2 heterocycles. The summed E-state index contributed by atoms with van der Waals surface area (Å²) in [4.78, 5) is 30.0. The van der Waals surface area contributed by atoms with Gasteiger partial charge in [-0.2, -0.15) is 0 Å². The lowest BCUT2D eigenvalue weighted by Gasteiger charge is -2.07. The number of carbonyl (C=O) groups excluding carboxylic acids is 1. The van der Waals surface area contributed by atoms with Gasteiger partial charge < -0.3 is 5.32 Å². The summed E-state index contributed by atoms with van der Waals surface area (Å²) in [6, 6.07) is 16.2. The third kappa shape index (κ3) is 3.77. The Bertz CT molecular complexity index is 1290. The summed E-state index contributed by atoms with van der Waals surface area (Å²) in [5, 5.41) is 7.67. The van der Waals surface area contributed by atoms with E-state index in [2.05, 4.69) is 15.4 Å². The third-order valence-corrected chi connectivity index (χ3v) is 4.73. The van der Waals surface area contributed by atoms with E-state index in [0.717, 1.165) is 10.2 Å². The molecule has 0 aliphatic heterocycles. The molecule has 4 aromatic rings. The smallest absolute Gasteiger partial charge is 0.324 e. The van der Waals surface area contributed by atoms with Crippen molar-refractivity contribution in [1.82, 2.24) is 19.2 Å². The molecule has 0 fully saturated rings. The first-order valence-electron chi connectivity index (χ1n) is 9.01. The Labute approximate surface area is 171 Å². The first-order valence-corrected chi connectivity index (χ1v) is 9.39. The van der Waals surface area contributed by atoms with Crippen LogP contribution in [0.25, 0.3) is 17.0 Å². The number of rotatable bonds is 4. The van der Waals surface area contributed by atoms with E-state index in [1.165, 1.54) is 4.40 Å². The summed E-state index contributed by atoms with van der Waals surface area (Å²) in [7, 11) is 0. The van der Waals surface area contributed by atoms with Crippen molar-refractivity contribution in [1.29, 1.82) is 0 Å². The Morgan fingerprint density at radius 3 is 2.66 bits per heavy atom. The van der Waals surface area contributed by atoms with Gasteiger partial charge in [0.1, 0.15) is 12.4 Å². The second-order valence-corrected chi connectivity index (χ2v) is 7.16. The Morgan fingerprint density at radius 1 is 1.10 bits per heavy atom. The number of aromatic nitrogens is 4. The highest BCUT2D eigenvalue weighted by atomic mass is 35.5. The molecule has 1 amide bonds. The van der Waals surface area contributed by atoms with Crippen molar-refractivity contribution in [2.24, 2.45) is 0 Å². The van der Waals surface area contributed by atoms with Crippen molar-refractivity contribution in [3.05, 3.63) is 81.4 Å². The van der Waals surface area contributed by atoms with Crippen LogP contribution in [0.15, 0.2) is 59.4 Å². The zero-order valence-electron chi connectivity index (χ0n) is 15.9. The van der Waals surface area contributed by atoms with Crippen molar-refractivity contribution in [2.45, 2.75) is 20.4 Å². The molecule has 0 spiro atoms. The van der Waals surface area contributed by atoms with Gasteiger partial charge in [-0.3, -0.25) is 4.79 Å². The molecule has 7 nitrogen and oxygen atoms in total. The fourth-order valence-corrected chi connectivity index (χ4v) is 3.31. The second kappa shape index (κ2) is 7.52. The highest BCUT2D eigenvalue weighted by Gasteiger charge is 2.16. The monoisotopic (exact) mass is 407 g/mol. The molecule has 0 saturated carbocycles. The minimum Gasteiger partial charge on any atom is -0.324 e. The van der Waals surface area contributed by atoms with Crippen LogP contribution in [0.4, 0.5) is 5.69 Å². The van der Waals surface area contributed by atoms with E-state index in [9.17, 15) is 9.59 Å². The van der Waals surface area contributed by atoms with Crippen molar-refractivity contribution in [2.75, 3.05) is 5.32 Å². The Hall–Kier alpha value is -3.45. The lowest BCUT2D eigenvalue weighted by atomic mass is 10.2. The zero-order valence-corrected chi connectivity index (χ0v) is 16.6. The number of para-hydroxylation sites is 1. The average Bonchev–Trinajstić information content (AvgIpc) is 2.98. The standard InChI is InChI=1S/C21H18ClN5O2/c1-13-6-3-4-9-17(13)24-19(28)12-26-21(29)27-18(25-26)10-14(2)23-20(27)15-7-5-8-16(22)11-15/h3-11H,12H2,1-2H3,(H,24,28). The molecule has 2 aromatic carbocycles. The van der Waals surface area contributed by atoms with E-state index in [1.54, 1.807) is 24.3 Å². The number of hydrogen-bond acceptors (Lipinski definition) is 4. The average molecular weight is 408 g/mol. The molecule has 0 unspecified atom stereocenters. The van der Waals surface area contributed by atoms with Crippen molar-refractivity contribution in [3.63, 3.8) is 0 Å². The van der Waals surface area contributed by atoms with Crippen LogP contribution >= 0.6 is 11.6 Å². The number of anilines is 1. The molecular weight excluding hydrogens is 390 g/mol. The molecule has 146 valence electrons. The minimum absolute atomic E-state index is 0.205. The van der Waals surface area contributed by atoms with Gasteiger partial charge in [0, 0.05) is 28.0 Å². The molecule has 4 rings (SSSR count). The second-order valence-electron chi connectivity index (χ2n) is 6.73. The molecule has 0 aliphatic carbocycles. The maximum atomic E-state index is 13.0. The first kappa shape index (κ1) is 18.9. The molecule has 29 heavy (non-hydrogen) atoms. The fraction of sp³-hybridized carbons (Fsp3) is 0.143. The predicted octanol–water partition coefficient (Wildman–Crippen LogP) is 3.47. The van der Waals surface area contributed by atoms with E-state index in [1.807, 2.05) is 44.2 Å². The number of nitrogens with one attached hydrogen (secondary N) is 1. The third-order valence-electron chi connectivity index (χ3n) is 4.49. The normalized spacial score (nSPS) is 11.0. The summed E-state index contributed by atoms with van der Waals surface area (Å²) in [5.74, 6) is 0.0943. The van der Waals surface area contributed by atoms with Gasteiger partial charge in [0.05, 0.1) is 0 Å². The van der Waals surface area contributed by atoms with E-state index in [-0.39, 0.29) is 12.5 Å². The van der Waals surface area contributed by atoms with Crippen LogP contribution in [0.3, 0.4) is 0 Å². The first-order chi connectivity index (χ1) is 13.9. The maximum absolute atomic E-state index is 13.0. The largest absolute Gasteiger partial charge is 0.352 e. The molecule has 8 heteroatoms. The summed E-state index contributed by atoms with van der Waals surface area (Å²) >= 11 is 6.10. The predicted molar refractivity (Wildman–Crippen MR) is 112 cm³/mol. The minimum atomic E-state index is -0.442. The lowest BCUT2D eigenvalue weighted by Crippen LogP contribution is -2.29. The molecule has 0 aliphatic rings. The Morgan fingerprint density at radius 2 is 1.90 bits per heavy atom. The van der Waals surface area contributed by atoms with Gasteiger partial charge in [0.2, 0.25) is 5.91 Å². The molecule has 0 saturated heterocycles. The van der Waals surface area contributed by atoms with Crippen LogP contribution in [0, 0.1) is 13.8 Å². The quantitative estimate of drug-likeness (QED) is 0.561. The molecule has 0 atom stereocenters. The number of carbonyl (C=O) groups is 1. The number of amides is 1. The van der Waals surface area contributed by atoms with Crippen LogP contribution in [0.5, 0.6) is 0 Å².